The molecule has 0 aliphatic carbocycles. The molecule has 0 bridgehead atoms. The molecule has 5 heteroatoms. The zero-order valence-electron chi connectivity index (χ0n) is 14.1. The first-order valence-electron chi connectivity index (χ1n) is 8.12. The molecule has 0 saturated heterocycles. The average molecular weight is 322 g/mol. The number of rotatable bonds is 6. The number of aromatic nitrogens is 2. The van der Waals surface area contributed by atoms with Crippen molar-refractivity contribution < 1.29 is 0 Å². The van der Waals surface area contributed by atoms with Crippen LogP contribution in [0, 0.1) is 0 Å². The predicted molar refractivity (Wildman–Crippen MR) is 99.0 cm³/mol. The van der Waals surface area contributed by atoms with Crippen LogP contribution in [0.4, 0.5) is 5.95 Å². The number of fused-ring (bicyclic) bond motifs is 1. The van der Waals surface area contributed by atoms with E-state index in [2.05, 4.69) is 15.2 Å². The fourth-order valence-corrected chi connectivity index (χ4v) is 2.66. The number of hydrogen-bond donors (Lipinski definition) is 1. The summed E-state index contributed by atoms with van der Waals surface area (Å²) in [5.41, 5.74) is 1.47. The van der Waals surface area contributed by atoms with Gasteiger partial charge in [0.25, 0.3) is 5.56 Å². The fourth-order valence-electron chi connectivity index (χ4n) is 2.66. The highest BCUT2D eigenvalue weighted by Gasteiger charge is 2.12. The highest BCUT2D eigenvalue weighted by atomic mass is 16.1. The number of benzene rings is 2. The third-order valence-corrected chi connectivity index (χ3v) is 3.86. The van der Waals surface area contributed by atoms with Gasteiger partial charge in [-0.05, 0) is 51.3 Å². The van der Waals surface area contributed by atoms with Crippen LogP contribution in [0.15, 0.2) is 59.4 Å². The van der Waals surface area contributed by atoms with Crippen LogP contribution < -0.4 is 10.9 Å². The van der Waals surface area contributed by atoms with Gasteiger partial charge in [-0.1, -0.05) is 30.3 Å². The third-order valence-electron chi connectivity index (χ3n) is 3.86. The van der Waals surface area contributed by atoms with Crippen molar-refractivity contribution in [3.63, 3.8) is 0 Å². The third kappa shape index (κ3) is 3.46. The zero-order chi connectivity index (χ0) is 16.9. The molecule has 3 aromatic rings. The minimum atomic E-state index is -0.0538. The van der Waals surface area contributed by atoms with Gasteiger partial charge in [0.05, 0.1) is 16.6 Å². The lowest BCUT2D eigenvalue weighted by Crippen LogP contribution is -2.25. The number of anilines is 1. The van der Waals surface area contributed by atoms with E-state index in [1.165, 1.54) is 0 Å². The van der Waals surface area contributed by atoms with Gasteiger partial charge in [0, 0.05) is 6.54 Å². The first-order valence-corrected chi connectivity index (χ1v) is 8.12. The molecule has 3 rings (SSSR count). The van der Waals surface area contributed by atoms with Crippen LogP contribution in [0.2, 0.25) is 0 Å². The summed E-state index contributed by atoms with van der Waals surface area (Å²) in [6, 6.07) is 17.1. The van der Waals surface area contributed by atoms with Gasteiger partial charge in [0.2, 0.25) is 5.95 Å². The van der Waals surface area contributed by atoms with Crippen molar-refractivity contribution in [3.8, 4) is 5.69 Å². The maximum absolute atomic E-state index is 13.0. The van der Waals surface area contributed by atoms with Gasteiger partial charge in [0.15, 0.2) is 0 Å². The fraction of sp³-hybridized carbons (Fsp3) is 0.263. The summed E-state index contributed by atoms with van der Waals surface area (Å²) in [6.07, 6.45) is 0.977. The lowest BCUT2D eigenvalue weighted by Gasteiger charge is -2.15. The SMILES string of the molecule is CN(C)CCCNc1nc2ccccc2c(=O)n1-c1ccccc1. The van der Waals surface area contributed by atoms with E-state index < -0.39 is 0 Å². The Morgan fingerprint density at radius 1 is 1.04 bits per heavy atom. The summed E-state index contributed by atoms with van der Waals surface area (Å²) in [6.45, 7) is 1.74. The van der Waals surface area contributed by atoms with Gasteiger partial charge in [-0.2, -0.15) is 0 Å². The second kappa shape index (κ2) is 7.27. The van der Waals surface area contributed by atoms with Crippen LogP contribution in [-0.2, 0) is 0 Å². The molecule has 1 heterocycles. The van der Waals surface area contributed by atoms with E-state index in [-0.39, 0.29) is 5.56 Å². The summed E-state index contributed by atoms with van der Waals surface area (Å²) in [5, 5.41) is 3.95. The largest absolute Gasteiger partial charge is 0.355 e. The molecule has 0 radical (unpaired) electrons. The van der Waals surface area contributed by atoms with Crippen molar-refractivity contribution in [2.45, 2.75) is 6.42 Å². The highest BCUT2D eigenvalue weighted by Crippen LogP contribution is 2.16. The van der Waals surface area contributed by atoms with E-state index in [4.69, 9.17) is 0 Å². The van der Waals surface area contributed by atoms with Gasteiger partial charge in [0.1, 0.15) is 0 Å². The molecule has 124 valence electrons. The molecule has 0 unspecified atom stereocenters. The molecule has 24 heavy (non-hydrogen) atoms. The summed E-state index contributed by atoms with van der Waals surface area (Å²) in [4.78, 5) is 19.8. The summed E-state index contributed by atoms with van der Waals surface area (Å²) >= 11 is 0. The molecule has 0 atom stereocenters. The lowest BCUT2D eigenvalue weighted by molar-refractivity contribution is 0.405. The Kier molecular flexibility index (Phi) is 4.91. The molecule has 0 amide bonds. The van der Waals surface area contributed by atoms with E-state index in [1.54, 1.807) is 4.57 Å². The molecule has 0 saturated carbocycles. The van der Waals surface area contributed by atoms with E-state index in [1.807, 2.05) is 68.7 Å². The van der Waals surface area contributed by atoms with Gasteiger partial charge in [-0.3, -0.25) is 4.79 Å². The van der Waals surface area contributed by atoms with Gasteiger partial charge in [-0.25, -0.2) is 9.55 Å². The number of hydrogen-bond acceptors (Lipinski definition) is 4. The minimum Gasteiger partial charge on any atom is -0.355 e. The van der Waals surface area contributed by atoms with E-state index in [0.717, 1.165) is 25.2 Å². The highest BCUT2D eigenvalue weighted by molar-refractivity contribution is 5.79. The molecular weight excluding hydrogens is 300 g/mol. The van der Waals surface area contributed by atoms with Crippen LogP contribution in [-0.4, -0.2) is 41.6 Å². The van der Waals surface area contributed by atoms with E-state index in [9.17, 15) is 4.79 Å². The average Bonchev–Trinajstić information content (AvgIpc) is 2.59. The van der Waals surface area contributed by atoms with Gasteiger partial charge >= 0.3 is 0 Å². The van der Waals surface area contributed by atoms with Crippen molar-refractivity contribution in [1.82, 2.24) is 14.5 Å². The van der Waals surface area contributed by atoms with Crippen molar-refractivity contribution in [2.24, 2.45) is 0 Å². The normalized spacial score (nSPS) is 11.1. The topological polar surface area (TPSA) is 50.2 Å². The first kappa shape index (κ1) is 16.2. The van der Waals surface area contributed by atoms with Crippen LogP contribution in [0.5, 0.6) is 0 Å². The van der Waals surface area contributed by atoms with Crippen molar-refractivity contribution in [1.29, 1.82) is 0 Å². The van der Waals surface area contributed by atoms with Crippen molar-refractivity contribution in [2.75, 3.05) is 32.5 Å². The summed E-state index contributed by atoms with van der Waals surface area (Å²) in [5.74, 6) is 0.587. The molecular formula is C19H22N4O. The molecule has 0 aliphatic heterocycles. The molecule has 0 fully saturated rings. The molecule has 1 N–H and O–H groups in total. The van der Waals surface area contributed by atoms with Crippen LogP contribution in [0.25, 0.3) is 16.6 Å². The Hall–Kier alpha value is -2.66. The second-order valence-corrected chi connectivity index (χ2v) is 6.01. The Morgan fingerprint density at radius 3 is 2.50 bits per heavy atom. The van der Waals surface area contributed by atoms with E-state index >= 15 is 0 Å². The molecule has 0 spiro atoms. The van der Waals surface area contributed by atoms with Gasteiger partial charge < -0.3 is 10.2 Å². The number of nitrogens with one attached hydrogen (secondary N) is 1. The van der Waals surface area contributed by atoms with Crippen LogP contribution in [0.3, 0.4) is 0 Å². The second-order valence-electron chi connectivity index (χ2n) is 6.01. The quantitative estimate of drug-likeness (QED) is 0.709. The van der Waals surface area contributed by atoms with Gasteiger partial charge in [-0.15, -0.1) is 0 Å². The van der Waals surface area contributed by atoms with Crippen molar-refractivity contribution >= 4 is 16.9 Å². The Labute approximate surface area is 141 Å². The maximum atomic E-state index is 13.0. The zero-order valence-corrected chi connectivity index (χ0v) is 14.1. The monoisotopic (exact) mass is 322 g/mol. The predicted octanol–water partition coefficient (Wildman–Crippen LogP) is 2.75. The number of para-hydroxylation sites is 2. The minimum absolute atomic E-state index is 0.0538. The summed E-state index contributed by atoms with van der Waals surface area (Å²) in [7, 11) is 4.10. The standard InChI is InChI=1S/C19H22N4O/c1-22(2)14-8-13-20-19-21-17-12-7-6-11-16(17)18(24)23(19)15-9-4-3-5-10-15/h3-7,9-12H,8,13-14H2,1-2H3,(H,20,21). The molecule has 5 nitrogen and oxygen atoms in total. The smallest absolute Gasteiger partial charge is 0.267 e. The Bertz CT molecular complexity index is 871. The molecule has 2 aromatic carbocycles. The molecule has 0 aliphatic rings. The lowest BCUT2D eigenvalue weighted by atomic mass is 10.2. The van der Waals surface area contributed by atoms with Crippen LogP contribution >= 0.6 is 0 Å². The molecule has 1 aromatic heterocycles. The first-order chi connectivity index (χ1) is 11.7. The summed E-state index contributed by atoms with van der Waals surface area (Å²) < 4.78 is 1.65. The number of nitrogens with zero attached hydrogens (tertiary/aromatic N) is 3. The van der Waals surface area contributed by atoms with E-state index in [0.29, 0.717) is 16.9 Å². The van der Waals surface area contributed by atoms with Crippen molar-refractivity contribution in [3.05, 3.63) is 65.0 Å². The van der Waals surface area contributed by atoms with Crippen LogP contribution in [0.1, 0.15) is 6.42 Å². The Morgan fingerprint density at radius 2 is 1.75 bits per heavy atom. The Balaban J connectivity index is 2.03. The maximum Gasteiger partial charge on any atom is 0.267 e.